The zero-order chi connectivity index (χ0) is 21.3. The van der Waals surface area contributed by atoms with E-state index in [2.05, 4.69) is 15.0 Å². The van der Waals surface area contributed by atoms with Crippen LogP contribution in [0.1, 0.15) is 11.8 Å². The smallest absolute Gasteiger partial charge is 0.328 e. The fourth-order valence-corrected chi connectivity index (χ4v) is 4.13. The molecular weight excluding hydrogens is 410 g/mol. The highest BCUT2D eigenvalue weighted by Crippen LogP contribution is 2.34. The van der Waals surface area contributed by atoms with Crippen molar-refractivity contribution in [3.63, 3.8) is 0 Å². The number of anilines is 1. The fraction of sp³-hybridized carbons (Fsp3) is 0.263. The van der Waals surface area contributed by atoms with E-state index in [1.165, 1.54) is 35.1 Å². The molecule has 11 heteroatoms. The Hall–Kier alpha value is -2.99. The zero-order valence-corrected chi connectivity index (χ0v) is 16.4. The molecule has 0 amide bonds. The third-order valence-corrected chi connectivity index (χ3v) is 5.81. The van der Waals surface area contributed by atoms with Gasteiger partial charge in [-0.05, 0) is 23.8 Å². The van der Waals surface area contributed by atoms with Crippen LogP contribution in [0.15, 0.2) is 47.9 Å². The summed E-state index contributed by atoms with van der Waals surface area (Å²) in [5.74, 6) is -0.378. The van der Waals surface area contributed by atoms with Crippen molar-refractivity contribution in [1.82, 2.24) is 19.5 Å². The maximum atomic E-state index is 10.6. The lowest BCUT2D eigenvalue weighted by Crippen LogP contribution is -2.32. The van der Waals surface area contributed by atoms with E-state index in [0.29, 0.717) is 16.9 Å². The molecule has 1 fully saturated rings. The molecule has 0 bridgehead atoms. The Labute approximate surface area is 175 Å². The Kier molecular flexibility index (Phi) is 5.68. The molecule has 2 aromatic heterocycles. The molecule has 0 spiro atoms. The lowest BCUT2D eigenvalue weighted by molar-refractivity contribution is -0.131. The number of carboxylic acid groups (broad SMARTS) is 1. The van der Waals surface area contributed by atoms with E-state index >= 15 is 0 Å². The van der Waals surface area contributed by atoms with E-state index in [0.717, 1.165) is 16.5 Å². The number of rotatable bonds is 6. The molecule has 4 rings (SSSR count). The zero-order valence-electron chi connectivity index (χ0n) is 15.6. The summed E-state index contributed by atoms with van der Waals surface area (Å²) < 4.78 is 7.45. The van der Waals surface area contributed by atoms with Crippen molar-refractivity contribution in [1.29, 1.82) is 0 Å². The van der Waals surface area contributed by atoms with Crippen molar-refractivity contribution < 1.29 is 24.9 Å². The third kappa shape index (κ3) is 4.00. The minimum Gasteiger partial charge on any atom is -0.478 e. The normalized spacial score (nSPS) is 24.1. The van der Waals surface area contributed by atoms with Crippen molar-refractivity contribution in [2.75, 3.05) is 11.5 Å². The number of carbonyl (C=O) groups is 1. The highest BCUT2D eigenvalue weighted by molar-refractivity contribution is 7.99. The average Bonchev–Trinajstić information content (AvgIpc) is 3.28. The second-order valence-electron chi connectivity index (χ2n) is 6.68. The van der Waals surface area contributed by atoms with Crippen LogP contribution in [-0.2, 0) is 9.53 Å². The quantitative estimate of drug-likeness (QED) is 0.328. The summed E-state index contributed by atoms with van der Waals surface area (Å²) in [5.41, 5.74) is 7.38. The number of imidazole rings is 1. The summed E-state index contributed by atoms with van der Waals surface area (Å²) in [6.07, 6.45) is 1.63. The van der Waals surface area contributed by atoms with Gasteiger partial charge in [-0.1, -0.05) is 12.1 Å². The molecule has 0 saturated carbocycles. The van der Waals surface area contributed by atoms with Crippen molar-refractivity contribution in [3.8, 4) is 0 Å². The predicted octanol–water partition coefficient (Wildman–Crippen LogP) is 0.918. The molecule has 1 aliphatic rings. The Morgan fingerprint density at radius 1 is 1.20 bits per heavy atom. The number of aliphatic hydroxyl groups excluding tert-OH is 2. The lowest BCUT2D eigenvalue weighted by atomic mass is 10.1. The minimum absolute atomic E-state index is 0.223. The number of benzene rings is 1. The molecule has 10 nitrogen and oxygen atoms in total. The van der Waals surface area contributed by atoms with Crippen LogP contribution in [0.2, 0.25) is 0 Å². The van der Waals surface area contributed by atoms with Crippen LogP contribution < -0.4 is 5.73 Å². The first-order valence-corrected chi connectivity index (χ1v) is 10.0. The number of hydrogen-bond donors (Lipinski definition) is 4. The number of carboxylic acids is 1. The van der Waals surface area contributed by atoms with Gasteiger partial charge in [-0.2, -0.15) is 0 Å². The highest BCUT2D eigenvalue weighted by atomic mass is 32.2. The Balaban J connectivity index is 1.43. The minimum atomic E-state index is -1.16. The maximum Gasteiger partial charge on any atom is 0.328 e. The van der Waals surface area contributed by atoms with E-state index in [1.54, 1.807) is 12.1 Å². The molecule has 3 heterocycles. The number of hydrogen-bond acceptors (Lipinski definition) is 9. The molecule has 156 valence electrons. The topological polar surface area (TPSA) is 157 Å². The first kappa shape index (κ1) is 20.3. The number of fused-ring (bicyclic) bond motifs is 1. The summed E-state index contributed by atoms with van der Waals surface area (Å²) in [6.45, 7) is 0. The highest BCUT2D eigenvalue weighted by Gasteiger charge is 2.44. The molecule has 1 saturated heterocycles. The molecular formula is C19H19N5O5S. The molecule has 0 unspecified atom stereocenters. The Morgan fingerprint density at radius 2 is 1.97 bits per heavy atom. The molecule has 3 aromatic rings. The second kappa shape index (κ2) is 8.40. The number of nitrogen functional groups attached to an aromatic ring is 1. The monoisotopic (exact) mass is 429 g/mol. The van der Waals surface area contributed by atoms with Gasteiger partial charge >= 0.3 is 5.97 Å². The molecule has 0 aliphatic carbocycles. The van der Waals surface area contributed by atoms with Crippen LogP contribution in [-0.4, -0.2) is 64.9 Å². The summed E-state index contributed by atoms with van der Waals surface area (Å²) >= 11 is 1.45. The van der Waals surface area contributed by atoms with Crippen LogP contribution >= 0.6 is 11.8 Å². The summed E-state index contributed by atoms with van der Waals surface area (Å²) in [6, 6.07) is 7.30. The van der Waals surface area contributed by atoms with Crippen molar-refractivity contribution in [2.45, 2.75) is 29.4 Å². The van der Waals surface area contributed by atoms with Gasteiger partial charge in [0.2, 0.25) is 0 Å². The molecule has 1 aromatic carbocycles. The summed E-state index contributed by atoms with van der Waals surface area (Å²) in [7, 11) is 0. The van der Waals surface area contributed by atoms with Crippen LogP contribution in [0, 0.1) is 0 Å². The second-order valence-corrected chi connectivity index (χ2v) is 7.77. The van der Waals surface area contributed by atoms with Gasteiger partial charge in [0.15, 0.2) is 17.7 Å². The van der Waals surface area contributed by atoms with E-state index in [4.69, 9.17) is 15.6 Å². The van der Waals surface area contributed by atoms with E-state index in [-0.39, 0.29) is 5.82 Å². The van der Waals surface area contributed by atoms with Crippen LogP contribution in [0.4, 0.5) is 5.82 Å². The molecule has 1 aliphatic heterocycles. The van der Waals surface area contributed by atoms with Crippen molar-refractivity contribution in [3.05, 3.63) is 48.6 Å². The van der Waals surface area contributed by atoms with Crippen molar-refractivity contribution in [2.24, 2.45) is 0 Å². The maximum absolute atomic E-state index is 10.6. The first-order chi connectivity index (χ1) is 14.4. The Bertz CT molecular complexity index is 1090. The van der Waals surface area contributed by atoms with Crippen LogP contribution in [0.3, 0.4) is 0 Å². The number of ether oxygens (including phenoxy) is 1. The van der Waals surface area contributed by atoms with Gasteiger partial charge < -0.3 is 25.8 Å². The molecule has 0 radical (unpaired) electrons. The Morgan fingerprint density at radius 3 is 2.70 bits per heavy atom. The van der Waals surface area contributed by atoms with E-state index < -0.39 is 30.5 Å². The van der Waals surface area contributed by atoms with Gasteiger partial charge in [-0.25, -0.2) is 19.7 Å². The van der Waals surface area contributed by atoms with Gasteiger partial charge in [-0.3, -0.25) is 4.57 Å². The SMILES string of the molecule is Nc1ncnc2c1ncn2[C@@H]1O[C@H](CSc2ccc(C=CC(=O)O)cc2)[C@@H](O)[C@H]1O. The molecule has 30 heavy (non-hydrogen) atoms. The largest absolute Gasteiger partial charge is 0.478 e. The van der Waals surface area contributed by atoms with Gasteiger partial charge in [0.05, 0.1) is 12.4 Å². The first-order valence-electron chi connectivity index (χ1n) is 9.02. The number of nitrogens with zero attached hydrogens (tertiary/aromatic N) is 4. The predicted molar refractivity (Wildman–Crippen MR) is 109 cm³/mol. The number of thioether (sulfide) groups is 1. The van der Waals surface area contributed by atoms with Crippen molar-refractivity contribution >= 4 is 40.8 Å². The molecule has 5 N–H and O–H groups in total. The number of aliphatic carboxylic acids is 1. The lowest BCUT2D eigenvalue weighted by Gasteiger charge is -2.16. The summed E-state index contributed by atoms with van der Waals surface area (Å²) in [4.78, 5) is 23.7. The standard InChI is InChI=1S/C19H19N5O5S/c20-17-14-18(22-8-21-17)24(9-23-14)19-16(28)15(27)12(29-19)7-30-11-4-1-10(2-5-11)3-6-13(25)26/h1-6,8-9,12,15-16,19,27-28H,7H2,(H,25,26)(H2,20,21,22)/t12-,15-,16-,19-/m1/s1. The molecule has 4 atom stereocenters. The number of aromatic nitrogens is 4. The fourth-order valence-electron chi connectivity index (χ4n) is 3.17. The van der Waals surface area contributed by atoms with Gasteiger partial charge in [-0.15, -0.1) is 11.8 Å². The number of aliphatic hydroxyl groups is 2. The van der Waals surface area contributed by atoms with Crippen LogP contribution in [0.25, 0.3) is 17.2 Å². The number of nitrogens with two attached hydrogens (primary N) is 1. The van der Waals surface area contributed by atoms with Crippen LogP contribution in [0.5, 0.6) is 0 Å². The third-order valence-electron chi connectivity index (χ3n) is 4.71. The van der Waals surface area contributed by atoms with E-state index in [1.807, 2.05) is 12.1 Å². The summed E-state index contributed by atoms with van der Waals surface area (Å²) in [5, 5.41) is 29.6. The van der Waals surface area contributed by atoms with Gasteiger partial charge in [0, 0.05) is 16.7 Å². The van der Waals surface area contributed by atoms with Gasteiger partial charge in [0.25, 0.3) is 0 Å². The average molecular weight is 429 g/mol. The van der Waals surface area contributed by atoms with Gasteiger partial charge in [0.1, 0.15) is 24.1 Å². The van der Waals surface area contributed by atoms with E-state index in [9.17, 15) is 15.0 Å².